The number of aliphatic imine (C=N–C) groups is 2. The second-order valence-corrected chi connectivity index (χ2v) is 12.3. The van der Waals surface area contributed by atoms with E-state index in [1.807, 2.05) is 0 Å². The highest BCUT2D eigenvalue weighted by molar-refractivity contribution is 5.66. The molecule has 0 bridgehead atoms. The molecule has 0 unspecified atom stereocenters. The zero-order valence-corrected chi connectivity index (χ0v) is 32.3. The van der Waals surface area contributed by atoms with Crippen LogP contribution in [-0.2, 0) is 57.6 Å². The zero-order valence-electron chi connectivity index (χ0n) is 32.3. The molecule has 1 aromatic heterocycles. The number of hydrogen-bond acceptors (Lipinski definition) is 15. The van der Waals surface area contributed by atoms with Gasteiger partial charge in [0.15, 0.2) is 0 Å². The van der Waals surface area contributed by atoms with Gasteiger partial charge in [0.2, 0.25) is 12.2 Å². The third-order valence-electron chi connectivity index (χ3n) is 8.08. The molecule has 0 aliphatic heterocycles. The summed E-state index contributed by atoms with van der Waals surface area (Å²) in [5.74, 6) is 0. The number of amides is 1. The first kappa shape index (κ1) is 49.2. The second kappa shape index (κ2) is 35.9. The van der Waals surface area contributed by atoms with Gasteiger partial charge in [0.25, 0.3) is 0 Å². The number of alkyl carbamates (subject to hydrolysis) is 1. The number of hydrogen-bond donors (Lipinski definition) is 2. The summed E-state index contributed by atoms with van der Waals surface area (Å²) >= 11 is 0. The van der Waals surface area contributed by atoms with Crippen LogP contribution in [0.25, 0.3) is 0 Å². The molecule has 314 valence electrons. The number of carbonyl (C=O) groups excluding carboxylic acids is 3. The molecule has 0 atom stereocenters. The average Bonchev–Trinajstić information content (AvgIpc) is 3.18. The fourth-order valence-electron chi connectivity index (χ4n) is 5.21. The Hall–Kier alpha value is -3.80. The van der Waals surface area contributed by atoms with Crippen molar-refractivity contribution < 1.29 is 47.9 Å². The van der Waals surface area contributed by atoms with E-state index in [1.165, 1.54) is 12.2 Å². The van der Waals surface area contributed by atoms with Gasteiger partial charge >= 0.3 is 23.2 Å². The van der Waals surface area contributed by atoms with Crippen LogP contribution in [0.5, 0.6) is 0 Å². The molecule has 0 radical (unpaired) electrons. The second-order valence-electron chi connectivity index (χ2n) is 12.3. The van der Waals surface area contributed by atoms with E-state index < -0.39 is 23.2 Å². The minimum absolute atomic E-state index is 0.00581. The maximum absolute atomic E-state index is 13.3. The summed E-state index contributed by atoms with van der Waals surface area (Å²) in [5, 5.41) is 11.3. The van der Waals surface area contributed by atoms with E-state index >= 15 is 0 Å². The number of aliphatic hydroxyl groups is 1. The van der Waals surface area contributed by atoms with E-state index in [-0.39, 0.29) is 39.5 Å². The summed E-state index contributed by atoms with van der Waals surface area (Å²) in [7, 11) is 0. The molecule has 0 aliphatic carbocycles. The van der Waals surface area contributed by atoms with Crippen molar-refractivity contribution in [3.63, 3.8) is 0 Å². The number of rotatable bonds is 38. The van der Waals surface area contributed by atoms with Crippen LogP contribution in [0.4, 0.5) is 4.79 Å². The molecule has 0 saturated heterocycles. The molecular formula is C36H62N6O13. The number of ether oxygens (including phenoxy) is 6. The predicted molar refractivity (Wildman–Crippen MR) is 201 cm³/mol. The Labute approximate surface area is 322 Å². The first-order valence-corrected chi connectivity index (χ1v) is 19.4. The normalized spacial score (nSPS) is 10.9. The summed E-state index contributed by atoms with van der Waals surface area (Å²) in [6, 6.07) is 0. The number of nitrogens with zero attached hydrogens (tertiary/aromatic N) is 5. The van der Waals surface area contributed by atoms with Gasteiger partial charge in [-0.05, 0) is 38.5 Å². The number of aliphatic hydroxyl groups excluding tert-OH is 1. The summed E-state index contributed by atoms with van der Waals surface area (Å²) in [5.41, 5.74) is -1.85. The van der Waals surface area contributed by atoms with Gasteiger partial charge < -0.3 is 38.8 Å². The maximum atomic E-state index is 13.3. The van der Waals surface area contributed by atoms with Crippen molar-refractivity contribution in [2.45, 2.75) is 96.7 Å². The first-order chi connectivity index (χ1) is 27.0. The van der Waals surface area contributed by atoms with E-state index in [0.29, 0.717) is 124 Å². The highest BCUT2D eigenvalue weighted by atomic mass is 16.6. The Kier molecular flexibility index (Phi) is 32.1. The van der Waals surface area contributed by atoms with Crippen LogP contribution in [0.15, 0.2) is 24.4 Å². The van der Waals surface area contributed by atoms with Gasteiger partial charge in [-0.15, -0.1) is 0 Å². The average molecular weight is 787 g/mol. The molecular weight excluding hydrogens is 724 g/mol. The lowest BCUT2D eigenvalue weighted by atomic mass is 10.2. The van der Waals surface area contributed by atoms with Crippen molar-refractivity contribution in [3.05, 3.63) is 31.5 Å². The van der Waals surface area contributed by atoms with E-state index in [2.05, 4.69) is 15.3 Å². The SMILES string of the molecule is O=C=NCCCCCCn1c(=O)n(CCCCCCN=C=O)c(=O)n(CCCCCCNC(=O)OCCOCCOCCOCCOCCOCCO)c1=O. The molecule has 2 N–H and O–H groups in total. The van der Waals surface area contributed by atoms with Crippen LogP contribution >= 0.6 is 0 Å². The third kappa shape index (κ3) is 25.8. The van der Waals surface area contributed by atoms with Gasteiger partial charge in [-0.3, -0.25) is 0 Å². The Morgan fingerprint density at radius 2 is 0.855 bits per heavy atom. The van der Waals surface area contributed by atoms with Crippen molar-refractivity contribution in [2.24, 2.45) is 9.98 Å². The molecule has 0 saturated carbocycles. The minimum Gasteiger partial charge on any atom is -0.447 e. The van der Waals surface area contributed by atoms with Crippen molar-refractivity contribution in [2.75, 3.05) is 98.9 Å². The molecule has 1 heterocycles. The van der Waals surface area contributed by atoms with E-state index in [0.717, 1.165) is 45.8 Å². The molecule has 0 aromatic carbocycles. The molecule has 0 spiro atoms. The number of carbonyl (C=O) groups is 1. The molecule has 1 rings (SSSR count). The largest absolute Gasteiger partial charge is 0.447 e. The Morgan fingerprint density at radius 1 is 0.509 bits per heavy atom. The summed E-state index contributed by atoms with van der Waals surface area (Å²) < 4.78 is 35.1. The molecule has 1 aromatic rings. The number of isocyanates is 2. The molecule has 0 aliphatic rings. The molecule has 19 nitrogen and oxygen atoms in total. The lowest BCUT2D eigenvalue weighted by Gasteiger charge is -2.14. The molecule has 19 heteroatoms. The Morgan fingerprint density at radius 3 is 1.24 bits per heavy atom. The van der Waals surface area contributed by atoms with Gasteiger partial charge in [0, 0.05) is 26.2 Å². The van der Waals surface area contributed by atoms with Gasteiger partial charge in [-0.25, -0.2) is 52.5 Å². The lowest BCUT2D eigenvalue weighted by Crippen LogP contribution is -2.54. The van der Waals surface area contributed by atoms with Crippen molar-refractivity contribution in [1.29, 1.82) is 0 Å². The third-order valence-corrected chi connectivity index (χ3v) is 8.08. The molecule has 0 fully saturated rings. The highest BCUT2D eigenvalue weighted by Crippen LogP contribution is 2.04. The molecule has 55 heavy (non-hydrogen) atoms. The Bertz CT molecular complexity index is 1340. The fraction of sp³-hybridized carbons (Fsp3) is 0.833. The van der Waals surface area contributed by atoms with Crippen LogP contribution in [0, 0.1) is 0 Å². The van der Waals surface area contributed by atoms with Crippen LogP contribution in [-0.4, -0.2) is 136 Å². The number of nitrogens with one attached hydrogen (secondary N) is 1. The van der Waals surface area contributed by atoms with Gasteiger partial charge in [0.05, 0.1) is 85.8 Å². The lowest BCUT2D eigenvalue weighted by molar-refractivity contribution is -0.0156. The topological polar surface area (TPSA) is 230 Å². The quantitative estimate of drug-likeness (QED) is 0.0548. The van der Waals surface area contributed by atoms with E-state index in [4.69, 9.17) is 33.5 Å². The number of unbranched alkanes of at least 4 members (excludes halogenated alkanes) is 9. The van der Waals surface area contributed by atoms with Crippen LogP contribution < -0.4 is 22.4 Å². The highest BCUT2D eigenvalue weighted by Gasteiger charge is 2.15. The summed E-state index contributed by atoms with van der Waals surface area (Å²) in [4.78, 5) is 79.2. The Balaban J connectivity index is 2.30. The number of aromatic nitrogens is 3. The van der Waals surface area contributed by atoms with Gasteiger partial charge in [-0.1, -0.05) is 38.5 Å². The fourth-order valence-corrected chi connectivity index (χ4v) is 5.21. The van der Waals surface area contributed by atoms with Crippen molar-refractivity contribution in [3.8, 4) is 0 Å². The monoisotopic (exact) mass is 786 g/mol. The zero-order chi connectivity index (χ0) is 40.0. The van der Waals surface area contributed by atoms with Crippen molar-refractivity contribution >= 4 is 18.3 Å². The summed E-state index contributed by atoms with van der Waals surface area (Å²) in [6.07, 6.45) is 10.7. The minimum atomic E-state index is -0.619. The van der Waals surface area contributed by atoms with E-state index in [1.54, 1.807) is 0 Å². The van der Waals surface area contributed by atoms with Gasteiger partial charge in [-0.2, -0.15) is 0 Å². The standard InChI is InChI=1S/C36H62N6O13/c43-19-20-50-21-22-51-23-24-52-25-26-53-27-28-54-29-30-55-33(46)39-15-9-3-6-12-18-42-35(48)40(16-10-4-1-7-13-37-31-44)34(47)41(36(42)49)17-11-5-2-8-14-38-32-45/h43H,1-30H2,(H,39,46). The molecule has 1 amide bonds. The van der Waals surface area contributed by atoms with Gasteiger partial charge in [0.1, 0.15) is 6.61 Å². The summed E-state index contributed by atoms with van der Waals surface area (Å²) in [6.45, 7) is 5.69. The smallest absolute Gasteiger partial charge is 0.407 e. The maximum Gasteiger partial charge on any atom is 0.407 e. The van der Waals surface area contributed by atoms with Crippen LogP contribution in [0.2, 0.25) is 0 Å². The van der Waals surface area contributed by atoms with E-state index in [9.17, 15) is 28.8 Å². The van der Waals surface area contributed by atoms with Crippen molar-refractivity contribution in [1.82, 2.24) is 19.0 Å². The van der Waals surface area contributed by atoms with Crippen LogP contribution in [0.1, 0.15) is 77.0 Å². The van der Waals surface area contributed by atoms with Crippen LogP contribution in [0.3, 0.4) is 0 Å². The predicted octanol–water partition coefficient (Wildman–Crippen LogP) is 1.33. The first-order valence-electron chi connectivity index (χ1n) is 19.4.